The highest BCUT2D eigenvalue weighted by Crippen LogP contribution is 2.20. The molecule has 0 fully saturated rings. The van der Waals surface area contributed by atoms with Gasteiger partial charge in [0.2, 0.25) is 5.91 Å². The topological polar surface area (TPSA) is 20.3 Å². The van der Waals surface area contributed by atoms with Gasteiger partial charge in [0.15, 0.2) is 0 Å². The number of carbonyl (C=O) groups excluding carboxylic acids is 1. The molecular weight excluding hydrogens is 300 g/mol. The fourth-order valence-corrected chi connectivity index (χ4v) is 2.19. The summed E-state index contributed by atoms with van der Waals surface area (Å²) >= 11 is 11.6. The van der Waals surface area contributed by atoms with Gasteiger partial charge in [0, 0.05) is 10.7 Å². The molecule has 2 rings (SSSR count). The van der Waals surface area contributed by atoms with E-state index in [1.165, 1.54) is 17.0 Å². The van der Waals surface area contributed by atoms with Crippen LogP contribution in [0.25, 0.3) is 0 Å². The molecule has 5 heteroatoms. The van der Waals surface area contributed by atoms with Gasteiger partial charge in [0.05, 0.1) is 6.54 Å². The third-order valence-electron chi connectivity index (χ3n) is 2.78. The van der Waals surface area contributed by atoms with Gasteiger partial charge in [-0.2, -0.15) is 0 Å². The van der Waals surface area contributed by atoms with Crippen LogP contribution in [-0.4, -0.2) is 11.8 Å². The largest absolute Gasteiger partial charge is 0.307 e. The van der Waals surface area contributed by atoms with Crippen LogP contribution in [-0.2, 0) is 11.3 Å². The molecule has 0 aliphatic rings. The first-order chi connectivity index (χ1) is 9.60. The molecule has 2 aromatic rings. The Morgan fingerprint density at radius 2 is 1.85 bits per heavy atom. The predicted octanol–water partition coefficient (Wildman–Crippen LogP) is 4.25. The van der Waals surface area contributed by atoms with Gasteiger partial charge in [-0.25, -0.2) is 4.39 Å². The van der Waals surface area contributed by atoms with Crippen LogP contribution in [0.5, 0.6) is 0 Å². The number of nitrogens with zero attached hydrogens (tertiary/aromatic N) is 1. The van der Waals surface area contributed by atoms with E-state index in [9.17, 15) is 9.18 Å². The Morgan fingerprint density at radius 3 is 2.45 bits per heavy atom. The lowest BCUT2D eigenvalue weighted by molar-refractivity contribution is -0.116. The fraction of sp³-hybridized carbons (Fsp3) is 0.133. The van der Waals surface area contributed by atoms with E-state index in [1.807, 2.05) is 12.1 Å². The number of halogens is 3. The maximum atomic E-state index is 13.0. The molecule has 0 unspecified atom stereocenters. The van der Waals surface area contributed by atoms with Gasteiger partial charge in [-0.15, -0.1) is 11.6 Å². The molecule has 0 aromatic heterocycles. The van der Waals surface area contributed by atoms with Gasteiger partial charge in [0.1, 0.15) is 11.7 Å². The summed E-state index contributed by atoms with van der Waals surface area (Å²) < 4.78 is 13.0. The first-order valence-corrected chi connectivity index (χ1v) is 6.88. The molecule has 0 aliphatic heterocycles. The van der Waals surface area contributed by atoms with Crippen molar-refractivity contribution in [3.8, 4) is 0 Å². The number of carbonyl (C=O) groups is 1. The number of hydrogen-bond acceptors (Lipinski definition) is 1. The van der Waals surface area contributed by atoms with Crippen molar-refractivity contribution in [2.75, 3.05) is 10.8 Å². The zero-order valence-electron chi connectivity index (χ0n) is 10.5. The first kappa shape index (κ1) is 14.8. The van der Waals surface area contributed by atoms with Gasteiger partial charge in [-0.1, -0.05) is 23.7 Å². The zero-order chi connectivity index (χ0) is 14.5. The van der Waals surface area contributed by atoms with E-state index in [1.54, 1.807) is 24.3 Å². The van der Waals surface area contributed by atoms with Crippen molar-refractivity contribution >= 4 is 34.8 Å². The molecule has 0 aliphatic carbocycles. The van der Waals surface area contributed by atoms with Crippen LogP contribution >= 0.6 is 23.2 Å². The smallest absolute Gasteiger partial charge is 0.242 e. The number of hydrogen-bond donors (Lipinski definition) is 0. The number of rotatable bonds is 4. The molecule has 0 bridgehead atoms. The van der Waals surface area contributed by atoms with E-state index < -0.39 is 0 Å². The molecule has 2 aromatic carbocycles. The Labute approximate surface area is 126 Å². The molecule has 0 saturated carbocycles. The lowest BCUT2D eigenvalue weighted by atomic mass is 10.2. The van der Waals surface area contributed by atoms with Crippen molar-refractivity contribution in [2.24, 2.45) is 0 Å². The summed E-state index contributed by atoms with van der Waals surface area (Å²) in [5, 5.41) is 0.597. The van der Waals surface area contributed by atoms with Crippen molar-refractivity contribution < 1.29 is 9.18 Å². The molecule has 0 N–H and O–H groups in total. The third kappa shape index (κ3) is 3.71. The summed E-state index contributed by atoms with van der Waals surface area (Å²) in [7, 11) is 0. The quantitative estimate of drug-likeness (QED) is 0.773. The van der Waals surface area contributed by atoms with Crippen LogP contribution in [0.2, 0.25) is 5.02 Å². The van der Waals surface area contributed by atoms with Crippen LogP contribution in [0.15, 0.2) is 48.5 Å². The summed E-state index contributed by atoms with van der Waals surface area (Å²) in [5.41, 5.74) is 1.47. The lowest BCUT2D eigenvalue weighted by Gasteiger charge is -2.22. The minimum atomic E-state index is -0.352. The van der Waals surface area contributed by atoms with Gasteiger partial charge < -0.3 is 4.90 Å². The molecule has 0 radical (unpaired) electrons. The highest BCUT2D eigenvalue weighted by Gasteiger charge is 2.15. The average molecular weight is 312 g/mol. The minimum Gasteiger partial charge on any atom is -0.307 e. The molecule has 0 heterocycles. The molecule has 20 heavy (non-hydrogen) atoms. The zero-order valence-corrected chi connectivity index (χ0v) is 12.0. The summed E-state index contributed by atoms with van der Waals surface area (Å²) in [6.07, 6.45) is 0. The molecule has 0 spiro atoms. The molecular formula is C15H12Cl2FNO. The maximum Gasteiger partial charge on any atom is 0.242 e. The van der Waals surface area contributed by atoms with Crippen LogP contribution in [0.4, 0.5) is 10.1 Å². The predicted molar refractivity (Wildman–Crippen MR) is 79.8 cm³/mol. The number of amides is 1. The van der Waals surface area contributed by atoms with Crippen molar-refractivity contribution in [3.63, 3.8) is 0 Å². The van der Waals surface area contributed by atoms with E-state index in [2.05, 4.69) is 0 Å². The van der Waals surface area contributed by atoms with E-state index in [0.717, 1.165) is 5.56 Å². The lowest BCUT2D eigenvalue weighted by Crippen LogP contribution is -2.31. The van der Waals surface area contributed by atoms with E-state index in [0.29, 0.717) is 17.3 Å². The summed E-state index contributed by atoms with van der Waals surface area (Å²) in [6.45, 7) is 0.331. The Kier molecular flexibility index (Phi) is 4.99. The third-order valence-corrected chi connectivity index (χ3v) is 3.25. The molecule has 0 saturated heterocycles. The Bertz CT molecular complexity index is 601. The summed E-state index contributed by atoms with van der Waals surface area (Å²) in [5.74, 6) is -0.745. The second-order valence-corrected chi connectivity index (χ2v) is 4.92. The van der Waals surface area contributed by atoms with Crippen LogP contribution in [0, 0.1) is 5.82 Å². The van der Waals surface area contributed by atoms with Crippen LogP contribution < -0.4 is 4.90 Å². The fourth-order valence-electron chi connectivity index (χ4n) is 1.83. The number of alkyl halides is 1. The highest BCUT2D eigenvalue weighted by atomic mass is 35.5. The van der Waals surface area contributed by atoms with Gasteiger partial charge >= 0.3 is 0 Å². The Hall–Kier alpha value is -1.58. The van der Waals surface area contributed by atoms with Crippen molar-refractivity contribution in [2.45, 2.75) is 6.54 Å². The maximum absolute atomic E-state index is 13.0. The number of anilines is 1. The van der Waals surface area contributed by atoms with Crippen molar-refractivity contribution in [3.05, 3.63) is 64.9 Å². The molecule has 1 amide bonds. The van der Waals surface area contributed by atoms with Crippen molar-refractivity contribution in [1.82, 2.24) is 0 Å². The second kappa shape index (κ2) is 6.73. The Balaban J connectivity index is 2.28. The highest BCUT2D eigenvalue weighted by molar-refractivity contribution is 6.30. The second-order valence-electron chi connectivity index (χ2n) is 4.22. The van der Waals surface area contributed by atoms with Gasteiger partial charge in [0.25, 0.3) is 0 Å². The summed E-state index contributed by atoms with van der Waals surface area (Å²) in [6, 6.07) is 12.9. The van der Waals surface area contributed by atoms with E-state index in [4.69, 9.17) is 23.2 Å². The molecule has 2 nitrogen and oxygen atoms in total. The molecule has 0 atom stereocenters. The first-order valence-electron chi connectivity index (χ1n) is 5.96. The van der Waals surface area contributed by atoms with Crippen molar-refractivity contribution in [1.29, 1.82) is 0 Å². The van der Waals surface area contributed by atoms with Crippen LogP contribution in [0.3, 0.4) is 0 Å². The molecule has 104 valence electrons. The normalized spacial score (nSPS) is 10.3. The SMILES string of the molecule is O=C(CCl)N(Cc1cccc(Cl)c1)c1ccc(F)cc1. The van der Waals surface area contributed by atoms with E-state index >= 15 is 0 Å². The van der Waals surface area contributed by atoms with Gasteiger partial charge in [-0.05, 0) is 42.0 Å². The minimum absolute atomic E-state index is 0.141. The van der Waals surface area contributed by atoms with Gasteiger partial charge in [-0.3, -0.25) is 4.79 Å². The standard InChI is InChI=1S/C15H12Cl2FNO/c16-9-15(20)19(14-6-4-13(18)5-7-14)10-11-2-1-3-12(17)8-11/h1-8H,9-10H2. The monoisotopic (exact) mass is 311 g/mol. The average Bonchev–Trinajstić information content (AvgIpc) is 2.45. The van der Waals surface area contributed by atoms with Crippen LogP contribution in [0.1, 0.15) is 5.56 Å². The number of benzene rings is 2. The summed E-state index contributed by atoms with van der Waals surface area (Å²) in [4.78, 5) is 13.5. The Morgan fingerprint density at radius 1 is 1.15 bits per heavy atom. The van der Waals surface area contributed by atoms with E-state index in [-0.39, 0.29) is 17.6 Å².